The van der Waals surface area contributed by atoms with Gasteiger partial charge in [-0.1, -0.05) is 6.08 Å². The molecule has 5 nitrogen and oxygen atoms in total. The highest BCUT2D eigenvalue weighted by atomic mass is 127. The first-order valence-corrected chi connectivity index (χ1v) is 10.5. The zero-order chi connectivity index (χ0) is 20.8. The summed E-state index contributed by atoms with van der Waals surface area (Å²) in [5.41, 5.74) is 6.68. The monoisotopic (exact) mass is 533 g/mol. The highest BCUT2D eigenvalue weighted by Crippen LogP contribution is 2.15. The second-order valence-corrected chi connectivity index (χ2v) is 8.15. The fourth-order valence-electron chi connectivity index (χ4n) is 4.15. The van der Waals surface area contributed by atoms with Crippen LogP contribution in [0.15, 0.2) is 60.8 Å². The first kappa shape index (κ1) is 20.5. The van der Waals surface area contributed by atoms with E-state index in [1.54, 1.807) is 0 Å². The van der Waals surface area contributed by atoms with Crippen molar-refractivity contribution >= 4 is 53.9 Å². The minimum Gasteiger partial charge on any atom is -0.377 e. The van der Waals surface area contributed by atoms with Crippen LogP contribution in [0.2, 0.25) is 0 Å². The summed E-state index contributed by atoms with van der Waals surface area (Å²) in [7, 11) is 2.09. The van der Waals surface area contributed by atoms with Crippen molar-refractivity contribution in [2.75, 3.05) is 13.6 Å². The van der Waals surface area contributed by atoms with Gasteiger partial charge in [0.05, 0.1) is 0 Å². The van der Waals surface area contributed by atoms with E-state index in [0.717, 1.165) is 50.7 Å². The zero-order valence-corrected chi connectivity index (χ0v) is 20.0. The molecule has 6 heterocycles. The second-order valence-electron chi connectivity index (χ2n) is 8.15. The SMILES string of the molecule is CN1C=CC(c2cc3[nH]c2=Cc2ccc([nH]2)C=c2ccc([nH]2)=Cc2ccc([nH]2)C=3)=CC1.I. The molecule has 0 aliphatic carbocycles. The van der Waals surface area contributed by atoms with Gasteiger partial charge in [-0.3, -0.25) is 0 Å². The molecular formula is C26H24IN5. The number of H-pyrrole nitrogens is 4. The Bertz CT molecular complexity index is 1590. The summed E-state index contributed by atoms with van der Waals surface area (Å²) < 4.78 is 0. The third-order valence-corrected chi connectivity index (χ3v) is 5.71. The molecule has 4 aromatic rings. The summed E-state index contributed by atoms with van der Waals surface area (Å²) in [6.45, 7) is 0.908. The third kappa shape index (κ3) is 4.05. The van der Waals surface area contributed by atoms with E-state index in [4.69, 9.17) is 0 Å². The number of allylic oxidation sites excluding steroid dienone is 2. The molecule has 4 N–H and O–H groups in total. The molecule has 0 atom stereocenters. The van der Waals surface area contributed by atoms with Gasteiger partial charge >= 0.3 is 0 Å². The highest BCUT2D eigenvalue weighted by molar-refractivity contribution is 14.0. The van der Waals surface area contributed by atoms with Crippen molar-refractivity contribution in [2.45, 2.75) is 0 Å². The van der Waals surface area contributed by atoms with E-state index in [-0.39, 0.29) is 24.0 Å². The Labute approximate surface area is 202 Å². The smallest absolute Gasteiger partial charge is 0.0485 e. The minimum absolute atomic E-state index is 0. The van der Waals surface area contributed by atoms with Crippen LogP contribution in [-0.2, 0) is 0 Å². The number of nitrogens with one attached hydrogen (secondary N) is 4. The molecule has 0 saturated heterocycles. The van der Waals surface area contributed by atoms with Crippen LogP contribution in [0.25, 0.3) is 29.9 Å². The molecule has 160 valence electrons. The second kappa shape index (κ2) is 8.27. The van der Waals surface area contributed by atoms with E-state index in [1.165, 1.54) is 11.1 Å². The number of hydrogen-bond donors (Lipinski definition) is 4. The molecule has 0 saturated carbocycles. The molecule has 2 aliphatic heterocycles. The van der Waals surface area contributed by atoms with Crippen molar-refractivity contribution in [3.63, 3.8) is 0 Å². The van der Waals surface area contributed by atoms with Gasteiger partial charge in [-0.15, -0.1) is 24.0 Å². The van der Waals surface area contributed by atoms with Gasteiger partial charge < -0.3 is 24.8 Å². The van der Waals surface area contributed by atoms with Gasteiger partial charge in [0.25, 0.3) is 0 Å². The molecule has 0 amide bonds. The topological polar surface area (TPSA) is 66.4 Å². The van der Waals surface area contributed by atoms with Gasteiger partial charge in [0, 0.05) is 63.3 Å². The maximum Gasteiger partial charge on any atom is 0.0485 e. The van der Waals surface area contributed by atoms with E-state index in [0.29, 0.717) is 0 Å². The summed E-state index contributed by atoms with van der Waals surface area (Å²) in [5.74, 6) is 0. The maximum absolute atomic E-state index is 3.60. The normalized spacial score (nSPS) is 14.4. The predicted octanol–water partition coefficient (Wildman–Crippen LogP) is 2.09. The number of fused-ring (bicyclic) bond motifs is 8. The van der Waals surface area contributed by atoms with Crippen molar-refractivity contribution in [1.29, 1.82) is 0 Å². The summed E-state index contributed by atoms with van der Waals surface area (Å²) in [6, 6.07) is 14.8. The number of hydrogen-bond acceptors (Lipinski definition) is 1. The molecule has 6 rings (SSSR count). The Balaban J connectivity index is 0.00000216. The molecule has 8 bridgehead atoms. The summed E-state index contributed by atoms with van der Waals surface area (Å²) in [4.78, 5) is 16.2. The van der Waals surface area contributed by atoms with Gasteiger partial charge in [-0.25, -0.2) is 0 Å². The van der Waals surface area contributed by atoms with Gasteiger partial charge in [-0.05, 0) is 84.6 Å². The Morgan fingerprint density at radius 1 is 0.688 bits per heavy atom. The molecule has 0 unspecified atom stereocenters. The van der Waals surface area contributed by atoms with Crippen molar-refractivity contribution in [3.8, 4) is 0 Å². The molecule has 0 spiro atoms. The maximum atomic E-state index is 3.60. The van der Waals surface area contributed by atoms with Crippen LogP contribution in [0.4, 0.5) is 0 Å². The number of aromatic nitrogens is 4. The highest BCUT2D eigenvalue weighted by Gasteiger charge is 2.08. The van der Waals surface area contributed by atoms with Gasteiger partial charge in [0.15, 0.2) is 0 Å². The van der Waals surface area contributed by atoms with E-state index in [1.807, 2.05) is 0 Å². The molecule has 0 fully saturated rings. The van der Waals surface area contributed by atoms with E-state index < -0.39 is 0 Å². The van der Waals surface area contributed by atoms with Crippen LogP contribution in [0, 0.1) is 0 Å². The Morgan fingerprint density at radius 3 is 1.88 bits per heavy atom. The van der Waals surface area contributed by atoms with E-state index >= 15 is 0 Å². The molecule has 0 aromatic carbocycles. The zero-order valence-electron chi connectivity index (χ0n) is 17.6. The first-order valence-electron chi connectivity index (χ1n) is 10.5. The third-order valence-electron chi connectivity index (χ3n) is 5.71. The van der Waals surface area contributed by atoms with Gasteiger partial charge in [0.1, 0.15) is 0 Å². The van der Waals surface area contributed by atoms with E-state index in [2.05, 4.69) is 117 Å². The Morgan fingerprint density at radius 2 is 1.28 bits per heavy atom. The number of likely N-dealkylation sites (N-methyl/N-ethyl adjacent to an activating group) is 1. The lowest BCUT2D eigenvalue weighted by molar-refractivity contribution is 0.506. The lowest BCUT2D eigenvalue weighted by atomic mass is 10.1. The average Bonchev–Trinajstić information content (AvgIpc) is 3.54. The summed E-state index contributed by atoms with van der Waals surface area (Å²) >= 11 is 0. The van der Waals surface area contributed by atoms with Crippen LogP contribution in [-0.4, -0.2) is 38.4 Å². The fourth-order valence-corrected chi connectivity index (χ4v) is 4.15. The predicted molar refractivity (Wildman–Crippen MR) is 141 cm³/mol. The number of aromatic amines is 4. The van der Waals surface area contributed by atoms with Crippen LogP contribution >= 0.6 is 24.0 Å². The lowest BCUT2D eigenvalue weighted by Gasteiger charge is -2.16. The van der Waals surface area contributed by atoms with E-state index in [9.17, 15) is 0 Å². The number of halogens is 1. The lowest BCUT2D eigenvalue weighted by Crippen LogP contribution is -2.16. The quantitative estimate of drug-likeness (QED) is 0.245. The fraction of sp³-hybridized carbons (Fsp3) is 0.0769. The van der Waals surface area contributed by atoms with Crippen LogP contribution in [0.1, 0.15) is 28.3 Å². The van der Waals surface area contributed by atoms with Crippen LogP contribution in [0.5, 0.6) is 0 Å². The molecule has 2 aliphatic rings. The van der Waals surface area contributed by atoms with Gasteiger partial charge in [0.2, 0.25) is 0 Å². The van der Waals surface area contributed by atoms with Crippen LogP contribution in [0.3, 0.4) is 0 Å². The standard InChI is InChI=1S/C26H23N5.HI/c1-31-10-8-17(9-11-31)25-15-24-14-22-5-4-20(28-22)12-18-2-3-19(27-18)13-21-6-7-23(29-21)16-26(25)30-24;/h2-10,12-16,27-30H,11H2,1H3;1H. The summed E-state index contributed by atoms with van der Waals surface area (Å²) in [5, 5.41) is 4.29. The average molecular weight is 533 g/mol. The van der Waals surface area contributed by atoms with Crippen molar-refractivity contribution in [1.82, 2.24) is 24.8 Å². The minimum atomic E-state index is 0. The number of nitrogens with zero attached hydrogens (tertiary/aromatic N) is 1. The molecule has 32 heavy (non-hydrogen) atoms. The molecule has 4 aromatic heterocycles. The summed E-state index contributed by atoms with van der Waals surface area (Å²) in [6.07, 6.45) is 15.1. The van der Waals surface area contributed by atoms with Crippen molar-refractivity contribution < 1.29 is 0 Å². The molecular weight excluding hydrogens is 509 g/mol. The molecule has 6 heteroatoms. The number of rotatable bonds is 1. The molecule has 0 radical (unpaired) electrons. The Kier molecular flexibility index (Phi) is 5.30. The first-order chi connectivity index (χ1) is 15.2. The van der Waals surface area contributed by atoms with Gasteiger partial charge in [-0.2, -0.15) is 0 Å². The Hall–Kier alpha value is -3.39. The van der Waals surface area contributed by atoms with Crippen molar-refractivity contribution in [2.24, 2.45) is 0 Å². The van der Waals surface area contributed by atoms with Crippen molar-refractivity contribution in [3.05, 3.63) is 111 Å². The largest absolute Gasteiger partial charge is 0.377 e. The van der Waals surface area contributed by atoms with Crippen LogP contribution < -0.4 is 21.4 Å².